The third-order valence-corrected chi connectivity index (χ3v) is 3.43. The average molecular weight is 208 g/mol. The van der Waals surface area contributed by atoms with Gasteiger partial charge in [-0.3, -0.25) is 4.79 Å². The molecule has 2 heteroatoms. The fraction of sp³-hybridized carbons (Fsp3) is 0.769. The summed E-state index contributed by atoms with van der Waals surface area (Å²) < 4.78 is 5.46. The van der Waals surface area contributed by atoms with Gasteiger partial charge in [-0.15, -0.1) is 0 Å². The molecule has 1 aliphatic heterocycles. The molecule has 0 amide bonds. The Morgan fingerprint density at radius 3 is 3.00 bits per heavy atom. The summed E-state index contributed by atoms with van der Waals surface area (Å²) >= 11 is 0. The van der Waals surface area contributed by atoms with Crippen molar-refractivity contribution in [2.45, 2.75) is 51.6 Å². The van der Waals surface area contributed by atoms with Gasteiger partial charge in [0, 0.05) is 5.92 Å². The molecule has 1 saturated heterocycles. The van der Waals surface area contributed by atoms with Crippen LogP contribution in [0.15, 0.2) is 11.6 Å². The first-order valence-corrected chi connectivity index (χ1v) is 6.12. The first kappa shape index (κ1) is 10.9. The molecule has 0 N–H and O–H groups in total. The molecule has 1 fully saturated rings. The summed E-state index contributed by atoms with van der Waals surface area (Å²) in [7, 11) is 0. The Morgan fingerprint density at radius 2 is 2.27 bits per heavy atom. The SMILES string of the molecule is CC1CC(C(=O)C2=CCCCCC2)CO1. The molecule has 84 valence electrons. The number of allylic oxidation sites excluding steroid dienone is 2. The van der Waals surface area contributed by atoms with E-state index in [1.165, 1.54) is 19.3 Å². The fourth-order valence-corrected chi connectivity index (χ4v) is 2.50. The van der Waals surface area contributed by atoms with Gasteiger partial charge in [0.15, 0.2) is 5.78 Å². The van der Waals surface area contributed by atoms with Crippen molar-refractivity contribution in [1.29, 1.82) is 0 Å². The van der Waals surface area contributed by atoms with Crippen LogP contribution < -0.4 is 0 Å². The summed E-state index contributed by atoms with van der Waals surface area (Å²) in [6, 6.07) is 0. The maximum Gasteiger partial charge on any atom is 0.164 e. The number of ketones is 1. The van der Waals surface area contributed by atoms with E-state index in [9.17, 15) is 4.79 Å². The molecule has 0 bridgehead atoms. The Hall–Kier alpha value is -0.630. The molecule has 0 aromatic heterocycles. The molecule has 0 spiro atoms. The minimum absolute atomic E-state index is 0.143. The third kappa shape index (κ3) is 2.69. The van der Waals surface area contributed by atoms with Crippen molar-refractivity contribution >= 4 is 5.78 Å². The van der Waals surface area contributed by atoms with Crippen LogP contribution in [0.5, 0.6) is 0 Å². The maximum absolute atomic E-state index is 12.2. The first-order chi connectivity index (χ1) is 7.27. The highest BCUT2D eigenvalue weighted by atomic mass is 16.5. The van der Waals surface area contributed by atoms with E-state index in [0.717, 1.165) is 24.8 Å². The van der Waals surface area contributed by atoms with Crippen molar-refractivity contribution in [3.63, 3.8) is 0 Å². The lowest BCUT2D eigenvalue weighted by molar-refractivity contribution is -0.119. The topological polar surface area (TPSA) is 26.3 Å². The molecular formula is C13H20O2. The van der Waals surface area contributed by atoms with Crippen molar-refractivity contribution in [3.8, 4) is 0 Å². The molecule has 15 heavy (non-hydrogen) atoms. The van der Waals surface area contributed by atoms with E-state index in [0.29, 0.717) is 12.4 Å². The molecule has 0 aromatic rings. The number of ether oxygens (including phenoxy) is 1. The number of hydrogen-bond acceptors (Lipinski definition) is 2. The van der Waals surface area contributed by atoms with Gasteiger partial charge in [0.2, 0.25) is 0 Å². The van der Waals surface area contributed by atoms with E-state index in [1.54, 1.807) is 0 Å². The Kier molecular flexibility index (Phi) is 3.57. The lowest BCUT2D eigenvalue weighted by atomic mass is 9.93. The van der Waals surface area contributed by atoms with E-state index < -0.39 is 0 Å². The first-order valence-electron chi connectivity index (χ1n) is 6.12. The standard InChI is InChI=1S/C13H20O2/c1-10-8-12(9-15-10)13(14)11-6-4-2-3-5-7-11/h6,10,12H,2-5,7-9H2,1H3. The van der Waals surface area contributed by atoms with E-state index in [1.807, 2.05) is 0 Å². The normalized spacial score (nSPS) is 32.2. The molecule has 1 aliphatic carbocycles. The van der Waals surface area contributed by atoms with E-state index >= 15 is 0 Å². The minimum atomic E-state index is 0.143. The van der Waals surface area contributed by atoms with Crippen molar-refractivity contribution in [2.24, 2.45) is 5.92 Å². The van der Waals surface area contributed by atoms with Gasteiger partial charge < -0.3 is 4.74 Å². The monoisotopic (exact) mass is 208 g/mol. The summed E-state index contributed by atoms with van der Waals surface area (Å²) in [4.78, 5) is 12.2. The quantitative estimate of drug-likeness (QED) is 0.697. The van der Waals surface area contributed by atoms with Gasteiger partial charge in [-0.2, -0.15) is 0 Å². The average Bonchev–Trinajstić information content (AvgIpc) is 2.53. The zero-order chi connectivity index (χ0) is 10.7. The lowest BCUT2D eigenvalue weighted by Crippen LogP contribution is -2.16. The van der Waals surface area contributed by atoms with Crippen molar-refractivity contribution < 1.29 is 9.53 Å². The highest BCUT2D eigenvalue weighted by Crippen LogP contribution is 2.26. The predicted octanol–water partition coefficient (Wildman–Crippen LogP) is 2.87. The van der Waals surface area contributed by atoms with Gasteiger partial charge in [-0.25, -0.2) is 0 Å². The minimum Gasteiger partial charge on any atom is -0.378 e. The van der Waals surface area contributed by atoms with Gasteiger partial charge >= 0.3 is 0 Å². The highest BCUT2D eigenvalue weighted by Gasteiger charge is 2.29. The molecule has 0 aromatic carbocycles. The molecule has 2 rings (SSSR count). The van der Waals surface area contributed by atoms with Crippen molar-refractivity contribution in [1.82, 2.24) is 0 Å². The van der Waals surface area contributed by atoms with Crippen LogP contribution in [0.2, 0.25) is 0 Å². The van der Waals surface area contributed by atoms with Crippen LogP contribution >= 0.6 is 0 Å². The van der Waals surface area contributed by atoms with E-state index in [4.69, 9.17) is 4.74 Å². The Bertz CT molecular complexity index is 268. The summed E-state index contributed by atoms with van der Waals surface area (Å²) in [6.07, 6.45) is 9.12. The van der Waals surface area contributed by atoms with Crippen LogP contribution in [0, 0.1) is 5.92 Å². The summed E-state index contributed by atoms with van der Waals surface area (Å²) in [5.74, 6) is 0.505. The van der Waals surface area contributed by atoms with Crippen LogP contribution in [-0.2, 0) is 9.53 Å². The molecule has 2 aliphatic rings. The van der Waals surface area contributed by atoms with Gasteiger partial charge in [-0.1, -0.05) is 12.5 Å². The fourth-order valence-electron chi connectivity index (χ4n) is 2.50. The molecule has 0 saturated carbocycles. The lowest BCUT2D eigenvalue weighted by Gasteiger charge is -2.09. The molecule has 0 radical (unpaired) electrons. The van der Waals surface area contributed by atoms with Crippen LogP contribution in [0.1, 0.15) is 45.4 Å². The second kappa shape index (κ2) is 4.93. The Labute approximate surface area is 91.7 Å². The third-order valence-electron chi connectivity index (χ3n) is 3.43. The van der Waals surface area contributed by atoms with E-state index in [-0.39, 0.29) is 12.0 Å². The number of rotatable bonds is 2. The van der Waals surface area contributed by atoms with Crippen LogP contribution in [-0.4, -0.2) is 18.5 Å². The Balaban J connectivity index is 1.97. The molecule has 1 heterocycles. The summed E-state index contributed by atoms with van der Waals surface area (Å²) in [5, 5.41) is 0. The van der Waals surface area contributed by atoms with Gasteiger partial charge in [0.05, 0.1) is 12.7 Å². The second-order valence-corrected chi connectivity index (χ2v) is 4.77. The van der Waals surface area contributed by atoms with Gasteiger partial charge in [-0.05, 0) is 44.6 Å². The predicted molar refractivity (Wildman–Crippen MR) is 59.7 cm³/mol. The zero-order valence-corrected chi connectivity index (χ0v) is 9.50. The van der Waals surface area contributed by atoms with Crippen LogP contribution in [0.3, 0.4) is 0 Å². The highest BCUT2D eigenvalue weighted by molar-refractivity contribution is 5.97. The summed E-state index contributed by atoms with van der Waals surface area (Å²) in [6.45, 7) is 2.69. The van der Waals surface area contributed by atoms with Gasteiger partial charge in [0.1, 0.15) is 0 Å². The number of Topliss-reactive ketones (excluding diaryl/α,β-unsaturated/α-hetero) is 1. The summed E-state index contributed by atoms with van der Waals surface area (Å²) in [5.41, 5.74) is 1.08. The molecule has 2 nitrogen and oxygen atoms in total. The second-order valence-electron chi connectivity index (χ2n) is 4.77. The van der Waals surface area contributed by atoms with Crippen LogP contribution in [0.25, 0.3) is 0 Å². The van der Waals surface area contributed by atoms with E-state index in [2.05, 4.69) is 13.0 Å². The number of hydrogen-bond donors (Lipinski definition) is 0. The number of carbonyl (C=O) groups excluding carboxylic acids is 1. The maximum atomic E-state index is 12.2. The Morgan fingerprint density at radius 1 is 1.40 bits per heavy atom. The smallest absolute Gasteiger partial charge is 0.164 e. The molecule has 2 unspecified atom stereocenters. The zero-order valence-electron chi connectivity index (χ0n) is 9.50. The van der Waals surface area contributed by atoms with Crippen molar-refractivity contribution in [3.05, 3.63) is 11.6 Å². The largest absolute Gasteiger partial charge is 0.378 e. The molecular weight excluding hydrogens is 188 g/mol. The van der Waals surface area contributed by atoms with Crippen LogP contribution in [0.4, 0.5) is 0 Å². The number of carbonyl (C=O) groups is 1. The van der Waals surface area contributed by atoms with Crippen molar-refractivity contribution in [2.75, 3.05) is 6.61 Å². The van der Waals surface area contributed by atoms with Gasteiger partial charge in [0.25, 0.3) is 0 Å². The molecule has 2 atom stereocenters.